The topological polar surface area (TPSA) is 58.1 Å². The van der Waals surface area contributed by atoms with Crippen LogP contribution >= 0.6 is 0 Å². The van der Waals surface area contributed by atoms with Crippen LogP contribution in [0.5, 0.6) is 0 Å². The summed E-state index contributed by atoms with van der Waals surface area (Å²) in [6.07, 6.45) is 0.133. The second-order valence-corrected chi connectivity index (χ2v) is 7.81. The summed E-state index contributed by atoms with van der Waals surface area (Å²) in [7, 11) is 3.56. The Bertz CT molecular complexity index is 371. The van der Waals surface area contributed by atoms with Crippen molar-refractivity contribution in [2.75, 3.05) is 53.6 Å². The van der Waals surface area contributed by atoms with Gasteiger partial charge in [0.15, 0.2) is 5.96 Å². The molecular weight excluding hydrogens is 292 g/mol. The summed E-state index contributed by atoms with van der Waals surface area (Å²) >= 11 is 0. The Hall–Kier alpha value is -0.850. The van der Waals surface area contributed by atoms with Crippen molar-refractivity contribution in [1.29, 1.82) is 0 Å². The van der Waals surface area contributed by atoms with Crippen LogP contribution < -0.4 is 10.6 Å². The van der Waals surface area contributed by atoms with Crippen LogP contribution in [0.4, 0.5) is 0 Å². The van der Waals surface area contributed by atoms with Crippen LogP contribution in [0.25, 0.3) is 0 Å². The number of rotatable bonds is 6. The van der Waals surface area contributed by atoms with Crippen molar-refractivity contribution in [3.05, 3.63) is 0 Å². The number of aliphatic imine (C=N–C) groups is 1. The van der Waals surface area contributed by atoms with Gasteiger partial charge in [0.25, 0.3) is 0 Å². The Kier molecular flexibility index (Phi) is 7.77. The fourth-order valence-electron chi connectivity index (χ4n) is 2.73. The van der Waals surface area contributed by atoms with Gasteiger partial charge in [0.1, 0.15) is 0 Å². The molecule has 0 bridgehead atoms. The van der Waals surface area contributed by atoms with E-state index >= 15 is 0 Å². The van der Waals surface area contributed by atoms with Crippen molar-refractivity contribution in [2.24, 2.45) is 10.4 Å². The summed E-state index contributed by atoms with van der Waals surface area (Å²) in [6, 6.07) is 0. The van der Waals surface area contributed by atoms with Crippen LogP contribution in [0.2, 0.25) is 0 Å². The third kappa shape index (κ3) is 6.65. The predicted molar refractivity (Wildman–Crippen MR) is 96.1 cm³/mol. The molecule has 1 aliphatic heterocycles. The van der Waals surface area contributed by atoms with Gasteiger partial charge in [0.2, 0.25) is 0 Å². The van der Waals surface area contributed by atoms with Crippen LogP contribution in [0.3, 0.4) is 0 Å². The lowest BCUT2D eigenvalue weighted by Crippen LogP contribution is -2.57. The van der Waals surface area contributed by atoms with Gasteiger partial charge < -0.3 is 20.1 Å². The highest BCUT2D eigenvalue weighted by Gasteiger charge is 2.29. The molecule has 1 aliphatic rings. The first-order chi connectivity index (χ1) is 10.7. The number of hydrogen-bond acceptors (Lipinski definition) is 4. The average molecular weight is 329 g/mol. The summed E-state index contributed by atoms with van der Waals surface area (Å²) in [5.41, 5.74) is 0.153. The van der Waals surface area contributed by atoms with Crippen LogP contribution in [0.15, 0.2) is 4.99 Å². The van der Waals surface area contributed by atoms with Gasteiger partial charge in [-0.05, 0) is 19.3 Å². The molecule has 0 spiro atoms. The first-order valence-corrected chi connectivity index (χ1v) is 8.51. The standard InChI is InChI=1S/C17H36N4O2/c1-16(2,3)14(22-7)12-19-15(18-6)20-13-17(4,5)21-8-10-23-11-9-21/h14H,8-13H2,1-7H3,(H2,18,19,20). The molecule has 0 amide bonds. The Balaban J connectivity index is 2.47. The van der Waals surface area contributed by atoms with E-state index in [-0.39, 0.29) is 17.1 Å². The van der Waals surface area contributed by atoms with E-state index < -0.39 is 0 Å². The normalized spacial score (nSPS) is 19.5. The number of methoxy groups -OCH3 is 1. The highest BCUT2D eigenvalue weighted by atomic mass is 16.5. The fraction of sp³-hybridized carbons (Fsp3) is 0.941. The third-order valence-corrected chi connectivity index (χ3v) is 4.48. The first kappa shape index (κ1) is 20.2. The molecule has 0 aromatic carbocycles. The molecule has 1 atom stereocenters. The van der Waals surface area contributed by atoms with Gasteiger partial charge in [-0.3, -0.25) is 9.89 Å². The summed E-state index contributed by atoms with van der Waals surface area (Å²) in [5, 5.41) is 6.81. The Morgan fingerprint density at radius 3 is 2.26 bits per heavy atom. The van der Waals surface area contributed by atoms with E-state index in [4.69, 9.17) is 9.47 Å². The largest absolute Gasteiger partial charge is 0.379 e. The van der Waals surface area contributed by atoms with Gasteiger partial charge in [0, 0.05) is 45.9 Å². The molecule has 0 radical (unpaired) electrons. The van der Waals surface area contributed by atoms with Crippen molar-refractivity contribution in [2.45, 2.75) is 46.3 Å². The Morgan fingerprint density at radius 1 is 1.17 bits per heavy atom. The number of morpholine rings is 1. The zero-order valence-electron chi connectivity index (χ0n) is 16.0. The van der Waals surface area contributed by atoms with Gasteiger partial charge in [-0.15, -0.1) is 0 Å². The quantitative estimate of drug-likeness (QED) is 0.569. The van der Waals surface area contributed by atoms with E-state index in [0.29, 0.717) is 0 Å². The summed E-state index contributed by atoms with van der Waals surface area (Å²) in [6.45, 7) is 16.2. The van der Waals surface area contributed by atoms with Crippen molar-refractivity contribution < 1.29 is 9.47 Å². The first-order valence-electron chi connectivity index (χ1n) is 8.51. The van der Waals surface area contributed by atoms with Crippen molar-refractivity contribution in [3.8, 4) is 0 Å². The highest BCUT2D eigenvalue weighted by molar-refractivity contribution is 5.79. The Morgan fingerprint density at radius 2 is 1.78 bits per heavy atom. The van der Waals surface area contributed by atoms with Gasteiger partial charge in [-0.1, -0.05) is 20.8 Å². The van der Waals surface area contributed by atoms with Gasteiger partial charge in [-0.25, -0.2) is 0 Å². The molecule has 0 saturated carbocycles. The molecule has 0 aromatic rings. The summed E-state index contributed by atoms with van der Waals surface area (Å²) in [4.78, 5) is 6.78. The van der Waals surface area contributed by atoms with Crippen molar-refractivity contribution in [3.63, 3.8) is 0 Å². The van der Waals surface area contributed by atoms with Crippen molar-refractivity contribution in [1.82, 2.24) is 15.5 Å². The summed E-state index contributed by atoms with van der Waals surface area (Å²) < 4.78 is 11.0. The molecule has 136 valence electrons. The number of hydrogen-bond donors (Lipinski definition) is 2. The minimum absolute atomic E-state index is 0.0616. The monoisotopic (exact) mass is 328 g/mol. The molecule has 1 rings (SSSR count). The van der Waals surface area contributed by atoms with Crippen LogP contribution in [0.1, 0.15) is 34.6 Å². The zero-order valence-corrected chi connectivity index (χ0v) is 16.0. The molecule has 2 N–H and O–H groups in total. The molecule has 1 unspecified atom stereocenters. The fourth-order valence-corrected chi connectivity index (χ4v) is 2.73. The van der Waals surface area contributed by atoms with E-state index in [0.717, 1.165) is 45.4 Å². The second-order valence-electron chi connectivity index (χ2n) is 7.81. The van der Waals surface area contributed by atoms with Gasteiger partial charge in [-0.2, -0.15) is 0 Å². The minimum Gasteiger partial charge on any atom is -0.379 e. The third-order valence-electron chi connectivity index (χ3n) is 4.48. The van der Waals surface area contributed by atoms with E-state index in [1.54, 1.807) is 14.2 Å². The Labute approximate surface area is 142 Å². The molecular formula is C17H36N4O2. The lowest BCUT2D eigenvalue weighted by Gasteiger charge is -2.41. The lowest BCUT2D eigenvalue weighted by molar-refractivity contribution is -0.00841. The number of guanidine groups is 1. The van der Waals surface area contributed by atoms with Crippen LogP contribution in [0, 0.1) is 5.41 Å². The highest BCUT2D eigenvalue weighted by Crippen LogP contribution is 2.21. The van der Waals surface area contributed by atoms with E-state index in [9.17, 15) is 0 Å². The molecule has 6 nitrogen and oxygen atoms in total. The van der Waals surface area contributed by atoms with Crippen LogP contribution in [-0.2, 0) is 9.47 Å². The molecule has 23 heavy (non-hydrogen) atoms. The molecule has 0 aromatic heterocycles. The molecule has 6 heteroatoms. The van der Waals surface area contributed by atoms with E-state index in [2.05, 4.69) is 55.1 Å². The predicted octanol–water partition coefficient (Wildman–Crippen LogP) is 1.32. The van der Waals surface area contributed by atoms with E-state index in [1.807, 2.05) is 0 Å². The number of ether oxygens (including phenoxy) is 2. The SMILES string of the molecule is CN=C(NCC(OC)C(C)(C)C)NCC(C)(C)N1CCOCC1. The van der Waals surface area contributed by atoms with Crippen molar-refractivity contribution >= 4 is 5.96 Å². The molecule has 1 heterocycles. The maximum Gasteiger partial charge on any atom is 0.191 e. The smallest absolute Gasteiger partial charge is 0.191 e. The van der Waals surface area contributed by atoms with E-state index in [1.165, 1.54) is 0 Å². The summed E-state index contributed by atoms with van der Waals surface area (Å²) in [5.74, 6) is 0.817. The minimum atomic E-state index is 0.0616. The molecule has 1 saturated heterocycles. The molecule has 0 aliphatic carbocycles. The zero-order chi connectivity index (χ0) is 17.5. The lowest BCUT2D eigenvalue weighted by atomic mass is 9.89. The number of nitrogens with zero attached hydrogens (tertiary/aromatic N) is 2. The average Bonchev–Trinajstić information content (AvgIpc) is 2.50. The maximum atomic E-state index is 5.58. The van der Waals surface area contributed by atoms with Crippen LogP contribution in [-0.4, -0.2) is 76.1 Å². The number of nitrogens with one attached hydrogen (secondary N) is 2. The van der Waals surface area contributed by atoms with Gasteiger partial charge >= 0.3 is 0 Å². The molecule has 1 fully saturated rings. The second kappa shape index (κ2) is 8.85. The maximum absolute atomic E-state index is 5.58. The van der Waals surface area contributed by atoms with Gasteiger partial charge in [0.05, 0.1) is 19.3 Å².